The van der Waals surface area contributed by atoms with Crippen LogP contribution in [0.4, 0.5) is 4.79 Å². The molecular formula is C11H20N4O3. The van der Waals surface area contributed by atoms with Gasteiger partial charge in [-0.3, -0.25) is 20.2 Å². The third-order valence-electron chi connectivity index (χ3n) is 2.93. The Morgan fingerprint density at radius 2 is 1.67 bits per heavy atom. The number of rotatable bonds is 4. The zero-order chi connectivity index (χ0) is 13.7. The van der Waals surface area contributed by atoms with Gasteiger partial charge in [-0.15, -0.1) is 0 Å². The van der Waals surface area contributed by atoms with Crippen molar-refractivity contribution in [3.63, 3.8) is 0 Å². The van der Waals surface area contributed by atoms with Gasteiger partial charge in [-0.25, -0.2) is 4.79 Å². The molecule has 0 saturated carbocycles. The van der Waals surface area contributed by atoms with Crippen molar-refractivity contribution in [3.05, 3.63) is 0 Å². The van der Waals surface area contributed by atoms with Gasteiger partial charge in [0.2, 0.25) is 11.8 Å². The average molecular weight is 256 g/mol. The van der Waals surface area contributed by atoms with Crippen LogP contribution in [0, 0.1) is 0 Å². The first-order valence-corrected chi connectivity index (χ1v) is 6.07. The van der Waals surface area contributed by atoms with Crippen LogP contribution < -0.4 is 16.4 Å². The lowest BCUT2D eigenvalue weighted by molar-refractivity contribution is -0.132. The molecule has 1 heterocycles. The molecule has 0 aromatic carbocycles. The summed E-state index contributed by atoms with van der Waals surface area (Å²) in [7, 11) is 0. The van der Waals surface area contributed by atoms with Crippen LogP contribution in [-0.2, 0) is 9.59 Å². The highest BCUT2D eigenvalue weighted by molar-refractivity contribution is 5.96. The minimum absolute atomic E-state index is 0.0220. The van der Waals surface area contributed by atoms with Crippen LogP contribution in [0.25, 0.3) is 0 Å². The Bertz CT molecular complexity index is 339. The molecule has 4 N–H and O–H groups in total. The number of hydrogen-bond donors (Lipinski definition) is 3. The molecule has 4 amide bonds. The third-order valence-corrected chi connectivity index (χ3v) is 2.93. The number of hydrogen-bond acceptors (Lipinski definition) is 4. The van der Waals surface area contributed by atoms with E-state index in [2.05, 4.69) is 5.32 Å². The standard InChI is InChI=1S/C11H20N4O3/c1-7(9(16)14-11(12)18)13-8(2)10(17)15-5-3-4-6-15/h7-8,13H,3-6H2,1-2H3,(H3,12,14,16,18). The molecule has 2 unspecified atom stereocenters. The van der Waals surface area contributed by atoms with Crippen LogP contribution in [0.1, 0.15) is 26.7 Å². The van der Waals surface area contributed by atoms with Crippen LogP contribution in [0.3, 0.4) is 0 Å². The van der Waals surface area contributed by atoms with Crippen molar-refractivity contribution in [2.75, 3.05) is 13.1 Å². The van der Waals surface area contributed by atoms with Gasteiger partial charge in [-0.05, 0) is 26.7 Å². The monoisotopic (exact) mass is 256 g/mol. The predicted octanol–water partition coefficient (Wildman–Crippen LogP) is -0.830. The summed E-state index contributed by atoms with van der Waals surface area (Å²) >= 11 is 0. The third kappa shape index (κ3) is 3.99. The van der Waals surface area contributed by atoms with Crippen LogP contribution >= 0.6 is 0 Å². The number of amides is 4. The smallest absolute Gasteiger partial charge is 0.318 e. The van der Waals surface area contributed by atoms with Crippen molar-refractivity contribution >= 4 is 17.8 Å². The maximum Gasteiger partial charge on any atom is 0.318 e. The number of urea groups is 1. The summed E-state index contributed by atoms with van der Waals surface area (Å²) in [5.74, 6) is -0.560. The highest BCUT2D eigenvalue weighted by Crippen LogP contribution is 2.09. The minimum atomic E-state index is -0.896. The topological polar surface area (TPSA) is 105 Å². The van der Waals surface area contributed by atoms with E-state index in [1.165, 1.54) is 0 Å². The lowest BCUT2D eigenvalue weighted by atomic mass is 10.2. The van der Waals surface area contributed by atoms with Crippen molar-refractivity contribution in [1.82, 2.24) is 15.5 Å². The van der Waals surface area contributed by atoms with E-state index >= 15 is 0 Å². The van der Waals surface area contributed by atoms with E-state index < -0.39 is 24.0 Å². The zero-order valence-electron chi connectivity index (χ0n) is 10.7. The molecule has 0 spiro atoms. The first-order chi connectivity index (χ1) is 8.41. The number of carbonyl (C=O) groups excluding carboxylic acids is 3. The highest BCUT2D eigenvalue weighted by atomic mass is 16.2. The van der Waals surface area contributed by atoms with Gasteiger partial charge in [0.05, 0.1) is 12.1 Å². The Hall–Kier alpha value is -1.63. The van der Waals surface area contributed by atoms with Crippen LogP contribution in [0.5, 0.6) is 0 Å². The molecule has 0 aliphatic carbocycles. The molecule has 2 atom stereocenters. The molecule has 0 aromatic rings. The zero-order valence-corrected chi connectivity index (χ0v) is 10.7. The Balaban J connectivity index is 2.42. The van der Waals surface area contributed by atoms with Gasteiger partial charge in [0, 0.05) is 13.1 Å². The molecule has 0 aromatic heterocycles. The second-order valence-electron chi connectivity index (χ2n) is 4.50. The fourth-order valence-corrected chi connectivity index (χ4v) is 1.96. The Kier molecular flexibility index (Phi) is 5.08. The summed E-state index contributed by atoms with van der Waals surface area (Å²) in [5, 5.41) is 4.82. The van der Waals surface area contributed by atoms with Gasteiger partial charge in [0.15, 0.2) is 0 Å². The van der Waals surface area contributed by atoms with E-state index in [1.54, 1.807) is 18.7 Å². The summed E-state index contributed by atoms with van der Waals surface area (Å²) in [4.78, 5) is 35.7. The van der Waals surface area contributed by atoms with E-state index in [1.807, 2.05) is 5.32 Å². The lowest BCUT2D eigenvalue weighted by Crippen LogP contribution is -2.53. The second kappa shape index (κ2) is 6.34. The SMILES string of the molecule is CC(NC(C)C(=O)N1CCCC1)C(=O)NC(N)=O. The molecule has 7 heteroatoms. The molecule has 1 rings (SSSR count). The number of primary amides is 1. The predicted molar refractivity (Wildman–Crippen MR) is 65.6 cm³/mol. The number of imide groups is 1. The molecular weight excluding hydrogens is 236 g/mol. The van der Waals surface area contributed by atoms with Gasteiger partial charge in [0.25, 0.3) is 0 Å². The first-order valence-electron chi connectivity index (χ1n) is 6.07. The molecule has 0 radical (unpaired) electrons. The van der Waals surface area contributed by atoms with Crippen LogP contribution in [0.2, 0.25) is 0 Å². The lowest BCUT2D eigenvalue weighted by Gasteiger charge is -2.23. The van der Waals surface area contributed by atoms with Crippen molar-refractivity contribution < 1.29 is 14.4 Å². The van der Waals surface area contributed by atoms with Gasteiger partial charge in [-0.1, -0.05) is 0 Å². The quantitative estimate of drug-likeness (QED) is 0.610. The van der Waals surface area contributed by atoms with Crippen LogP contribution in [0.15, 0.2) is 0 Å². The normalized spacial score (nSPS) is 18.2. The van der Waals surface area contributed by atoms with Crippen molar-refractivity contribution in [2.24, 2.45) is 5.73 Å². The largest absolute Gasteiger partial charge is 0.351 e. The van der Waals surface area contributed by atoms with Gasteiger partial charge >= 0.3 is 6.03 Å². The molecule has 1 saturated heterocycles. The number of nitrogens with two attached hydrogens (primary N) is 1. The van der Waals surface area contributed by atoms with Crippen LogP contribution in [-0.4, -0.2) is 47.9 Å². The number of nitrogens with zero attached hydrogens (tertiary/aromatic N) is 1. The van der Waals surface area contributed by atoms with Crippen molar-refractivity contribution in [3.8, 4) is 0 Å². The van der Waals surface area contributed by atoms with Crippen molar-refractivity contribution in [2.45, 2.75) is 38.8 Å². The maximum absolute atomic E-state index is 12.0. The molecule has 102 valence electrons. The van der Waals surface area contributed by atoms with E-state index in [0.717, 1.165) is 25.9 Å². The molecule has 0 bridgehead atoms. The van der Waals surface area contributed by atoms with E-state index in [9.17, 15) is 14.4 Å². The first kappa shape index (κ1) is 14.4. The Morgan fingerprint density at radius 1 is 1.11 bits per heavy atom. The number of likely N-dealkylation sites (tertiary alicyclic amines) is 1. The summed E-state index contributed by atoms with van der Waals surface area (Å²) in [6, 6.07) is -2.01. The molecule has 1 fully saturated rings. The Morgan fingerprint density at radius 3 is 2.17 bits per heavy atom. The number of nitrogens with one attached hydrogen (secondary N) is 2. The van der Waals surface area contributed by atoms with E-state index in [0.29, 0.717) is 0 Å². The number of carbonyl (C=O) groups is 3. The maximum atomic E-state index is 12.0. The van der Waals surface area contributed by atoms with E-state index in [-0.39, 0.29) is 5.91 Å². The minimum Gasteiger partial charge on any atom is -0.351 e. The van der Waals surface area contributed by atoms with Gasteiger partial charge in [0.1, 0.15) is 0 Å². The van der Waals surface area contributed by atoms with E-state index in [4.69, 9.17) is 5.73 Å². The van der Waals surface area contributed by atoms with Crippen molar-refractivity contribution in [1.29, 1.82) is 0 Å². The fraction of sp³-hybridized carbons (Fsp3) is 0.727. The summed E-state index contributed by atoms with van der Waals surface area (Å²) in [5.41, 5.74) is 4.85. The summed E-state index contributed by atoms with van der Waals surface area (Å²) < 4.78 is 0. The van der Waals surface area contributed by atoms with Gasteiger partial charge in [-0.2, -0.15) is 0 Å². The summed E-state index contributed by atoms with van der Waals surface area (Å²) in [6.07, 6.45) is 2.05. The molecule has 7 nitrogen and oxygen atoms in total. The second-order valence-corrected chi connectivity index (χ2v) is 4.50. The highest BCUT2D eigenvalue weighted by Gasteiger charge is 2.25. The average Bonchev–Trinajstić information content (AvgIpc) is 2.80. The van der Waals surface area contributed by atoms with Gasteiger partial charge < -0.3 is 10.6 Å². The Labute approximate surface area is 106 Å². The molecule has 1 aliphatic rings. The summed E-state index contributed by atoms with van der Waals surface area (Å²) in [6.45, 7) is 4.82. The molecule has 18 heavy (non-hydrogen) atoms. The fourth-order valence-electron chi connectivity index (χ4n) is 1.96. The molecule has 1 aliphatic heterocycles.